The molecule has 0 saturated heterocycles. The fourth-order valence-electron chi connectivity index (χ4n) is 1.15. The smallest absolute Gasteiger partial charge is 0.408 e. The number of carbonyl (C=O) groups is 1. The predicted octanol–water partition coefficient (Wildman–Crippen LogP) is 3.46. The topological polar surface area (TPSA) is 38.3 Å². The minimum Gasteiger partial charge on any atom is -0.444 e. The highest BCUT2D eigenvalue weighted by molar-refractivity contribution is 9.10. The summed E-state index contributed by atoms with van der Waals surface area (Å²) in [4.78, 5) is 11.3. The van der Waals surface area contributed by atoms with Gasteiger partial charge in [-0.15, -0.1) is 0 Å². The number of hydrogen-bond donors (Lipinski definition) is 1. The van der Waals surface area contributed by atoms with Crippen molar-refractivity contribution in [3.8, 4) is 11.8 Å². The third kappa shape index (κ3) is 6.25. The normalized spacial score (nSPS) is 10.4. The Labute approximate surface area is 120 Å². The van der Waals surface area contributed by atoms with E-state index >= 15 is 0 Å². The van der Waals surface area contributed by atoms with Gasteiger partial charge in [-0.05, 0) is 54.9 Å². The molecule has 102 valence electrons. The van der Waals surface area contributed by atoms with Gasteiger partial charge < -0.3 is 10.1 Å². The number of alkyl carbamates (subject to hydrolysis) is 1. The van der Waals surface area contributed by atoms with Crippen LogP contribution < -0.4 is 5.32 Å². The highest BCUT2D eigenvalue weighted by Crippen LogP contribution is 2.15. The van der Waals surface area contributed by atoms with Crippen molar-refractivity contribution in [1.29, 1.82) is 0 Å². The second kappa shape index (κ2) is 6.58. The van der Waals surface area contributed by atoms with Crippen LogP contribution in [-0.2, 0) is 4.74 Å². The highest BCUT2D eigenvalue weighted by Gasteiger charge is 2.14. The number of carbonyl (C=O) groups excluding carboxylic acids is 1. The maximum atomic E-state index is 13.2. The van der Waals surface area contributed by atoms with Gasteiger partial charge in [-0.3, -0.25) is 0 Å². The van der Waals surface area contributed by atoms with Crippen molar-refractivity contribution in [2.45, 2.75) is 26.4 Å². The highest BCUT2D eigenvalue weighted by atomic mass is 79.9. The molecule has 1 rings (SSSR count). The van der Waals surface area contributed by atoms with Crippen LogP contribution in [0.2, 0.25) is 0 Å². The number of amides is 1. The molecule has 0 aliphatic heterocycles. The van der Waals surface area contributed by atoms with E-state index in [1.54, 1.807) is 32.9 Å². The molecule has 0 unspecified atom stereocenters. The van der Waals surface area contributed by atoms with E-state index in [1.807, 2.05) is 0 Å². The standard InChI is InChI=1S/C14H15BrFNO2/c1-14(2,3)19-13(18)17-8-4-5-10-6-7-11(15)12(16)9-10/h6-7,9H,8H2,1-3H3,(H,17,18). The first-order chi connectivity index (χ1) is 8.78. The van der Waals surface area contributed by atoms with Gasteiger partial charge in [0.25, 0.3) is 0 Å². The van der Waals surface area contributed by atoms with Crippen LogP contribution in [0, 0.1) is 17.7 Å². The molecule has 0 spiro atoms. The molecule has 0 heterocycles. The van der Waals surface area contributed by atoms with Crippen molar-refractivity contribution in [2.24, 2.45) is 0 Å². The molecule has 0 fully saturated rings. The molecule has 3 nitrogen and oxygen atoms in total. The fraction of sp³-hybridized carbons (Fsp3) is 0.357. The van der Waals surface area contributed by atoms with Gasteiger partial charge in [-0.2, -0.15) is 0 Å². The van der Waals surface area contributed by atoms with Gasteiger partial charge in [0.05, 0.1) is 11.0 Å². The first-order valence-electron chi connectivity index (χ1n) is 5.69. The van der Waals surface area contributed by atoms with Crippen LogP contribution in [0.5, 0.6) is 0 Å². The van der Waals surface area contributed by atoms with Crippen molar-refractivity contribution in [3.05, 3.63) is 34.1 Å². The summed E-state index contributed by atoms with van der Waals surface area (Å²) in [6, 6.07) is 4.60. The Morgan fingerprint density at radius 1 is 1.47 bits per heavy atom. The first-order valence-corrected chi connectivity index (χ1v) is 6.48. The third-order valence-corrected chi connectivity index (χ3v) is 2.52. The Hall–Kier alpha value is -1.54. The summed E-state index contributed by atoms with van der Waals surface area (Å²) in [6.07, 6.45) is -0.524. The van der Waals surface area contributed by atoms with E-state index in [0.717, 1.165) is 0 Å². The molecular weight excluding hydrogens is 313 g/mol. The number of ether oxygens (including phenoxy) is 1. The third-order valence-electron chi connectivity index (χ3n) is 1.87. The maximum absolute atomic E-state index is 13.2. The van der Waals surface area contributed by atoms with Gasteiger partial charge in [0.15, 0.2) is 0 Å². The molecule has 5 heteroatoms. The SMILES string of the molecule is CC(C)(C)OC(=O)NCC#Cc1ccc(Br)c(F)c1. The molecule has 1 aromatic rings. The van der Waals surface area contributed by atoms with E-state index in [1.165, 1.54) is 6.07 Å². The van der Waals surface area contributed by atoms with Gasteiger partial charge in [0.2, 0.25) is 0 Å². The Balaban J connectivity index is 2.47. The van der Waals surface area contributed by atoms with Crippen LogP contribution in [0.15, 0.2) is 22.7 Å². The van der Waals surface area contributed by atoms with Crippen molar-refractivity contribution in [2.75, 3.05) is 6.54 Å². The van der Waals surface area contributed by atoms with Gasteiger partial charge >= 0.3 is 6.09 Å². The quantitative estimate of drug-likeness (QED) is 0.802. The number of hydrogen-bond acceptors (Lipinski definition) is 2. The number of benzene rings is 1. The molecule has 1 aromatic carbocycles. The summed E-state index contributed by atoms with van der Waals surface area (Å²) in [5.74, 6) is 5.10. The molecule has 1 N–H and O–H groups in total. The summed E-state index contributed by atoms with van der Waals surface area (Å²) in [5.41, 5.74) is 0.0125. The second-order valence-electron chi connectivity index (χ2n) is 4.79. The lowest BCUT2D eigenvalue weighted by Gasteiger charge is -2.18. The summed E-state index contributed by atoms with van der Waals surface area (Å²) >= 11 is 3.06. The van der Waals surface area contributed by atoms with Crippen molar-refractivity contribution < 1.29 is 13.9 Å². The lowest BCUT2D eigenvalue weighted by atomic mass is 10.2. The average Bonchev–Trinajstić information content (AvgIpc) is 2.27. The van der Waals surface area contributed by atoms with Gasteiger partial charge in [0.1, 0.15) is 11.4 Å². The van der Waals surface area contributed by atoms with Crippen molar-refractivity contribution in [3.63, 3.8) is 0 Å². The van der Waals surface area contributed by atoms with E-state index in [9.17, 15) is 9.18 Å². The molecular formula is C14H15BrFNO2. The zero-order chi connectivity index (χ0) is 14.5. The molecule has 0 atom stereocenters. The number of nitrogens with one attached hydrogen (secondary N) is 1. The van der Waals surface area contributed by atoms with Gasteiger partial charge in [0, 0.05) is 5.56 Å². The first kappa shape index (κ1) is 15.5. The van der Waals surface area contributed by atoms with Crippen LogP contribution >= 0.6 is 15.9 Å². The van der Waals surface area contributed by atoms with Crippen LogP contribution in [0.1, 0.15) is 26.3 Å². The van der Waals surface area contributed by atoms with E-state index in [4.69, 9.17) is 4.74 Å². The molecule has 0 aliphatic carbocycles. The molecule has 0 aliphatic rings. The number of halogens is 2. The van der Waals surface area contributed by atoms with Gasteiger partial charge in [-0.1, -0.05) is 11.8 Å². The molecule has 19 heavy (non-hydrogen) atoms. The fourth-order valence-corrected chi connectivity index (χ4v) is 1.40. The second-order valence-corrected chi connectivity index (χ2v) is 5.64. The van der Waals surface area contributed by atoms with Crippen molar-refractivity contribution in [1.82, 2.24) is 5.32 Å². The summed E-state index contributed by atoms with van der Waals surface area (Å²) in [6.45, 7) is 5.49. The van der Waals surface area contributed by atoms with Crippen LogP contribution in [0.25, 0.3) is 0 Å². The van der Waals surface area contributed by atoms with E-state index in [-0.39, 0.29) is 12.4 Å². The van der Waals surface area contributed by atoms with Crippen LogP contribution in [-0.4, -0.2) is 18.2 Å². The molecule has 0 saturated carbocycles. The van der Waals surface area contributed by atoms with Crippen molar-refractivity contribution >= 4 is 22.0 Å². The Morgan fingerprint density at radius 3 is 2.74 bits per heavy atom. The lowest BCUT2D eigenvalue weighted by molar-refractivity contribution is 0.0535. The minimum atomic E-state index is -0.535. The maximum Gasteiger partial charge on any atom is 0.408 e. The van der Waals surface area contributed by atoms with Crippen LogP contribution in [0.3, 0.4) is 0 Å². The van der Waals surface area contributed by atoms with E-state index in [0.29, 0.717) is 10.0 Å². The summed E-state index contributed by atoms with van der Waals surface area (Å²) < 4.78 is 18.6. The Kier molecular flexibility index (Phi) is 5.37. The minimum absolute atomic E-state index is 0.145. The van der Waals surface area contributed by atoms with Crippen LogP contribution in [0.4, 0.5) is 9.18 Å². The molecule has 1 amide bonds. The van der Waals surface area contributed by atoms with Gasteiger partial charge in [-0.25, -0.2) is 9.18 Å². The predicted molar refractivity (Wildman–Crippen MR) is 75.2 cm³/mol. The zero-order valence-electron chi connectivity index (χ0n) is 11.0. The monoisotopic (exact) mass is 327 g/mol. The molecule has 0 aromatic heterocycles. The largest absolute Gasteiger partial charge is 0.444 e. The Bertz CT molecular complexity index is 526. The van der Waals surface area contributed by atoms with E-state index in [2.05, 4.69) is 33.1 Å². The Morgan fingerprint density at radius 2 is 2.16 bits per heavy atom. The molecule has 0 radical (unpaired) electrons. The summed E-state index contributed by atoms with van der Waals surface area (Å²) in [5, 5.41) is 2.50. The van der Waals surface area contributed by atoms with E-state index < -0.39 is 11.7 Å². The zero-order valence-corrected chi connectivity index (χ0v) is 12.6. The average molecular weight is 328 g/mol. The number of rotatable bonds is 1. The lowest BCUT2D eigenvalue weighted by Crippen LogP contribution is -2.32. The summed E-state index contributed by atoms with van der Waals surface area (Å²) in [7, 11) is 0. The molecule has 0 bridgehead atoms.